The van der Waals surface area contributed by atoms with Crippen LogP contribution in [0.2, 0.25) is 0 Å². The highest BCUT2D eigenvalue weighted by Crippen LogP contribution is 2.25. The van der Waals surface area contributed by atoms with Crippen molar-refractivity contribution in [3.05, 3.63) is 47.0 Å². The van der Waals surface area contributed by atoms with Crippen LogP contribution >= 0.6 is 0 Å². The summed E-state index contributed by atoms with van der Waals surface area (Å²) in [6, 6.07) is 5.96. The second-order valence-electron chi connectivity index (χ2n) is 3.81. The van der Waals surface area contributed by atoms with E-state index in [1.165, 1.54) is 12.1 Å². The van der Waals surface area contributed by atoms with E-state index in [9.17, 15) is 9.18 Å². The van der Waals surface area contributed by atoms with E-state index in [4.69, 9.17) is 4.74 Å². The van der Waals surface area contributed by atoms with E-state index in [-0.39, 0.29) is 5.82 Å². The molecule has 0 N–H and O–H groups in total. The van der Waals surface area contributed by atoms with Gasteiger partial charge in [0.05, 0.1) is 24.6 Å². The van der Waals surface area contributed by atoms with Crippen LogP contribution < -0.4 is 0 Å². The first-order valence-corrected chi connectivity index (χ1v) is 5.19. The van der Waals surface area contributed by atoms with Gasteiger partial charge in [-0.25, -0.2) is 9.07 Å². The van der Waals surface area contributed by atoms with Crippen LogP contribution in [-0.4, -0.2) is 16.1 Å². The van der Waals surface area contributed by atoms with Gasteiger partial charge in [-0.2, -0.15) is 5.10 Å². The third kappa shape index (κ3) is 1.55. The maximum absolute atomic E-state index is 12.8. The molecule has 1 aromatic carbocycles. The number of hydrogen-bond donors (Lipinski definition) is 0. The zero-order valence-corrected chi connectivity index (χ0v) is 8.89. The van der Waals surface area contributed by atoms with E-state index in [0.29, 0.717) is 25.2 Å². The number of nitrogens with zero attached hydrogens (tertiary/aromatic N) is 2. The molecule has 3 rings (SSSR count). The standard InChI is InChI=1S/C12H9FN2O2/c13-8-1-3-9(4-2-8)15-12-7-17-6-10(12)11(5-16)14-15/h1-5H,6-7H2. The summed E-state index contributed by atoms with van der Waals surface area (Å²) in [5.41, 5.74) is 2.80. The summed E-state index contributed by atoms with van der Waals surface area (Å²) in [6.07, 6.45) is 0.716. The van der Waals surface area contributed by atoms with Crippen molar-refractivity contribution in [1.29, 1.82) is 0 Å². The first-order valence-electron chi connectivity index (χ1n) is 5.19. The van der Waals surface area contributed by atoms with E-state index in [1.54, 1.807) is 16.8 Å². The van der Waals surface area contributed by atoms with Crippen molar-refractivity contribution >= 4 is 6.29 Å². The maximum Gasteiger partial charge on any atom is 0.170 e. The monoisotopic (exact) mass is 232 g/mol. The minimum Gasteiger partial charge on any atom is -0.370 e. The Labute approximate surface area is 96.6 Å². The highest BCUT2D eigenvalue weighted by molar-refractivity contribution is 5.75. The molecule has 4 nitrogen and oxygen atoms in total. The van der Waals surface area contributed by atoms with Gasteiger partial charge < -0.3 is 4.74 Å². The molecule has 1 aromatic heterocycles. The van der Waals surface area contributed by atoms with Crippen LogP contribution in [0, 0.1) is 5.82 Å². The van der Waals surface area contributed by atoms with Gasteiger partial charge in [-0.3, -0.25) is 4.79 Å². The molecule has 2 aromatic rings. The van der Waals surface area contributed by atoms with Crippen LogP contribution in [0.4, 0.5) is 4.39 Å². The Morgan fingerprint density at radius 3 is 2.76 bits per heavy atom. The van der Waals surface area contributed by atoms with Crippen molar-refractivity contribution in [3.8, 4) is 5.69 Å². The Balaban J connectivity index is 2.15. The predicted octanol–water partition coefficient (Wildman–Crippen LogP) is 1.85. The lowest BCUT2D eigenvalue weighted by Gasteiger charge is -2.04. The molecule has 0 unspecified atom stereocenters. The number of hydrogen-bond acceptors (Lipinski definition) is 3. The molecule has 2 heterocycles. The van der Waals surface area contributed by atoms with Gasteiger partial charge in [-0.15, -0.1) is 0 Å². The number of carbonyl (C=O) groups is 1. The van der Waals surface area contributed by atoms with Gasteiger partial charge in [-0.1, -0.05) is 0 Å². The Bertz CT molecular complexity index is 575. The van der Waals surface area contributed by atoms with E-state index in [2.05, 4.69) is 5.10 Å². The number of ether oxygens (including phenoxy) is 1. The fourth-order valence-electron chi connectivity index (χ4n) is 1.95. The molecule has 86 valence electrons. The van der Waals surface area contributed by atoms with Crippen molar-refractivity contribution in [2.24, 2.45) is 0 Å². The summed E-state index contributed by atoms with van der Waals surface area (Å²) in [7, 11) is 0. The lowest BCUT2D eigenvalue weighted by molar-refractivity contribution is 0.110. The Kier molecular flexibility index (Phi) is 2.26. The third-order valence-corrected chi connectivity index (χ3v) is 2.79. The van der Waals surface area contributed by atoms with Crippen molar-refractivity contribution < 1.29 is 13.9 Å². The molecule has 0 radical (unpaired) electrons. The first-order chi connectivity index (χ1) is 8.29. The second-order valence-corrected chi connectivity index (χ2v) is 3.81. The topological polar surface area (TPSA) is 44.1 Å². The van der Waals surface area contributed by atoms with Gasteiger partial charge in [0.25, 0.3) is 0 Å². The number of aldehydes is 1. The largest absolute Gasteiger partial charge is 0.370 e. The van der Waals surface area contributed by atoms with Crippen LogP contribution in [0.1, 0.15) is 21.7 Å². The van der Waals surface area contributed by atoms with Gasteiger partial charge in [0.1, 0.15) is 11.5 Å². The number of carbonyl (C=O) groups excluding carboxylic acids is 1. The van der Waals surface area contributed by atoms with Crippen LogP contribution in [0.15, 0.2) is 24.3 Å². The lowest BCUT2D eigenvalue weighted by atomic mass is 10.2. The normalized spacial score (nSPS) is 13.7. The number of halogens is 1. The molecular formula is C12H9FN2O2. The minimum absolute atomic E-state index is 0.301. The van der Waals surface area contributed by atoms with Crippen molar-refractivity contribution in [1.82, 2.24) is 9.78 Å². The molecule has 17 heavy (non-hydrogen) atoms. The molecular weight excluding hydrogens is 223 g/mol. The van der Waals surface area contributed by atoms with Crippen LogP contribution in [0.5, 0.6) is 0 Å². The summed E-state index contributed by atoms with van der Waals surface area (Å²) in [4.78, 5) is 10.9. The molecule has 1 aliphatic rings. The Morgan fingerprint density at radius 2 is 2.06 bits per heavy atom. The highest BCUT2D eigenvalue weighted by Gasteiger charge is 2.23. The Morgan fingerprint density at radius 1 is 1.29 bits per heavy atom. The molecule has 1 aliphatic heterocycles. The molecule has 0 saturated carbocycles. The number of benzene rings is 1. The summed E-state index contributed by atoms with van der Waals surface area (Å²) >= 11 is 0. The lowest BCUT2D eigenvalue weighted by Crippen LogP contribution is -2.02. The second kappa shape index (κ2) is 3.78. The average Bonchev–Trinajstić information content (AvgIpc) is 2.91. The molecule has 5 heteroatoms. The van der Waals surface area contributed by atoms with E-state index >= 15 is 0 Å². The number of aromatic nitrogens is 2. The zero-order chi connectivity index (χ0) is 11.8. The van der Waals surface area contributed by atoms with E-state index in [1.807, 2.05) is 0 Å². The molecule has 0 spiro atoms. The van der Waals surface area contributed by atoms with Crippen LogP contribution in [0.3, 0.4) is 0 Å². The SMILES string of the molecule is O=Cc1nn(-c2ccc(F)cc2)c2c1COC2. The highest BCUT2D eigenvalue weighted by atomic mass is 19.1. The third-order valence-electron chi connectivity index (χ3n) is 2.79. The fourth-order valence-corrected chi connectivity index (χ4v) is 1.95. The van der Waals surface area contributed by atoms with E-state index in [0.717, 1.165) is 16.9 Å². The molecule has 0 fully saturated rings. The van der Waals surface area contributed by atoms with Gasteiger partial charge in [0.15, 0.2) is 6.29 Å². The molecule has 0 amide bonds. The predicted molar refractivity (Wildman–Crippen MR) is 57.4 cm³/mol. The molecule has 0 bridgehead atoms. The molecule has 0 atom stereocenters. The molecule has 0 aliphatic carbocycles. The molecule has 0 saturated heterocycles. The number of fused-ring (bicyclic) bond motifs is 1. The minimum atomic E-state index is -0.301. The number of rotatable bonds is 2. The zero-order valence-electron chi connectivity index (χ0n) is 8.89. The van der Waals surface area contributed by atoms with Crippen molar-refractivity contribution in [2.45, 2.75) is 13.2 Å². The van der Waals surface area contributed by atoms with Crippen molar-refractivity contribution in [3.63, 3.8) is 0 Å². The van der Waals surface area contributed by atoms with Gasteiger partial charge >= 0.3 is 0 Å². The first kappa shape index (κ1) is 10.2. The van der Waals surface area contributed by atoms with Crippen LogP contribution in [0.25, 0.3) is 5.69 Å². The summed E-state index contributed by atoms with van der Waals surface area (Å²) < 4.78 is 19.8. The summed E-state index contributed by atoms with van der Waals surface area (Å²) in [5, 5.41) is 4.20. The van der Waals surface area contributed by atoms with E-state index < -0.39 is 0 Å². The average molecular weight is 232 g/mol. The fraction of sp³-hybridized carbons (Fsp3) is 0.167. The summed E-state index contributed by atoms with van der Waals surface area (Å²) in [6.45, 7) is 0.831. The van der Waals surface area contributed by atoms with Crippen LogP contribution in [-0.2, 0) is 18.0 Å². The van der Waals surface area contributed by atoms with Gasteiger partial charge in [0.2, 0.25) is 0 Å². The summed E-state index contributed by atoms with van der Waals surface area (Å²) in [5.74, 6) is -0.301. The maximum atomic E-state index is 12.8. The van der Waals surface area contributed by atoms with Crippen molar-refractivity contribution in [2.75, 3.05) is 0 Å². The van der Waals surface area contributed by atoms with Gasteiger partial charge in [0, 0.05) is 5.56 Å². The quantitative estimate of drug-likeness (QED) is 0.742. The smallest absolute Gasteiger partial charge is 0.170 e. The van der Waals surface area contributed by atoms with Gasteiger partial charge in [-0.05, 0) is 24.3 Å². The Hall–Kier alpha value is -2.01.